The van der Waals surface area contributed by atoms with Crippen LogP contribution in [0.4, 0.5) is 0 Å². The maximum absolute atomic E-state index is 9.66. The first-order valence-corrected chi connectivity index (χ1v) is 7.64. The molecule has 0 aromatic carbocycles. The normalized spacial score (nSPS) is 22.3. The summed E-state index contributed by atoms with van der Waals surface area (Å²) in [4.78, 5) is 2.49. The molecule has 1 aliphatic rings. The van der Waals surface area contributed by atoms with E-state index in [9.17, 15) is 5.11 Å². The van der Waals surface area contributed by atoms with Gasteiger partial charge in [-0.05, 0) is 38.6 Å². The maximum Gasteiger partial charge on any atom is 0.0702 e. The second-order valence-corrected chi connectivity index (χ2v) is 5.74. The lowest BCUT2D eigenvalue weighted by atomic mass is 9.82. The van der Waals surface area contributed by atoms with Crippen LogP contribution in [0.25, 0.3) is 0 Å². The largest absolute Gasteiger partial charge is 0.396 e. The summed E-state index contributed by atoms with van der Waals surface area (Å²) in [5.41, 5.74) is 0.0899. The van der Waals surface area contributed by atoms with Crippen molar-refractivity contribution < 1.29 is 9.84 Å². The molecule has 1 heterocycles. The average Bonchev–Trinajstić information content (AvgIpc) is 2.43. The van der Waals surface area contributed by atoms with Gasteiger partial charge in [0.1, 0.15) is 0 Å². The van der Waals surface area contributed by atoms with Gasteiger partial charge in [-0.1, -0.05) is 20.8 Å². The predicted molar refractivity (Wildman–Crippen MR) is 75.8 cm³/mol. The summed E-state index contributed by atoms with van der Waals surface area (Å²) in [7, 11) is 0. The second kappa shape index (κ2) is 8.13. The molecule has 1 saturated heterocycles. The van der Waals surface area contributed by atoms with E-state index in [0.717, 1.165) is 45.5 Å². The number of likely N-dealkylation sites (tertiary alicyclic amines) is 1. The number of piperidine rings is 1. The molecule has 108 valence electrons. The quantitative estimate of drug-likeness (QED) is 0.725. The fourth-order valence-electron chi connectivity index (χ4n) is 2.80. The third kappa shape index (κ3) is 4.52. The molecule has 1 N–H and O–H groups in total. The Morgan fingerprint density at radius 1 is 1.28 bits per heavy atom. The topological polar surface area (TPSA) is 32.7 Å². The van der Waals surface area contributed by atoms with E-state index in [0.29, 0.717) is 12.7 Å². The minimum Gasteiger partial charge on any atom is -0.396 e. The van der Waals surface area contributed by atoms with Gasteiger partial charge in [-0.15, -0.1) is 0 Å². The van der Waals surface area contributed by atoms with E-state index in [1.54, 1.807) is 0 Å². The molecule has 1 aliphatic heterocycles. The second-order valence-electron chi connectivity index (χ2n) is 5.74. The number of hydrogen-bond acceptors (Lipinski definition) is 3. The number of aliphatic hydroxyl groups is 1. The summed E-state index contributed by atoms with van der Waals surface area (Å²) in [5.74, 6) is 0. The standard InChI is InChI=1S/C15H31NO2/c1-4-10-18-14-8-7-9-16(11-14)12-15(5-2,6-3)13-17/h14,17H,4-13H2,1-3H3. The highest BCUT2D eigenvalue weighted by Crippen LogP contribution is 2.28. The number of nitrogens with zero attached hydrogens (tertiary/aromatic N) is 1. The van der Waals surface area contributed by atoms with Crippen LogP contribution in [0.15, 0.2) is 0 Å². The van der Waals surface area contributed by atoms with Crippen molar-refractivity contribution in [2.75, 3.05) is 32.8 Å². The van der Waals surface area contributed by atoms with Gasteiger partial charge >= 0.3 is 0 Å². The monoisotopic (exact) mass is 257 g/mol. The molecule has 1 rings (SSSR count). The average molecular weight is 257 g/mol. The number of hydrogen-bond donors (Lipinski definition) is 1. The molecular weight excluding hydrogens is 226 g/mol. The highest BCUT2D eigenvalue weighted by molar-refractivity contribution is 4.83. The molecule has 0 saturated carbocycles. The zero-order chi connectivity index (χ0) is 13.4. The Hall–Kier alpha value is -0.120. The van der Waals surface area contributed by atoms with Crippen LogP contribution in [-0.4, -0.2) is 49.0 Å². The molecular formula is C15H31NO2. The van der Waals surface area contributed by atoms with E-state index >= 15 is 0 Å². The predicted octanol–water partition coefficient (Wildman–Crippen LogP) is 2.68. The fourth-order valence-corrected chi connectivity index (χ4v) is 2.80. The molecule has 1 unspecified atom stereocenters. The lowest BCUT2D eigenvalue weighted by Gasteiger charge is -2.39. The molecule has 0 bridgehead atoms. The zero-order valence-electron chi connectivity index (χ0n) is 12.5. The molecule has 3 nitrogen and oxygen atoms in total. The fraction of sp³-hybridized carbons (Fsp3) is 1.00. The minimum atomic E-state index is 0.0899. The Kier molecular flexibility index (Phi) is 7.20. The molecule has 0 radical (unpaired) electrons. The summed E-state index contributed by atoms with van der Waals surface area (Å²) < 4.78 is 5.87. The first kappa shape index (κ1) is 15.9. The first-order chi connectivity index (χ1) is 8.69. The van der Waals surface area contributed by atoms with Crippen molar-refractivity contribution in [1.29, 1.82) is 0 Å². The van der Waals surface area contributed by atoms with Gasteiger partial charge in [0.15, 0.2) is 0 Å². The van der Waals surface area contributed by atoms with Gasteiger partial charge in [-0.3, -0.25) is 0 Å². The third-order valence-corrected chi connectivity index (χ3v) is 4.41. The Morgan fingerprint density at radius 3 is 2.56 bits per heavy atom. The van der Waals surface area contributed by atoms with Crippen LogP contribution in [-0.2, 0) is 4.74 Å². The number of ether oxygens (including phenoxy) is 1. The van der Waals surface area contributed by atoms with E-state index in [-0.39, 0.29) is 5.41 Å². The molecule has 18 heavy (non-hydrogen) atoms. The van der Waals surface area contributed by atoms with Crippen LogP contribution in [0.3, 0.4) is 0 Å². The van der Waals surface area contributed by atoms with E-state index < -0.39 is 0 Å². The highest BCUT2D eigenvalue weighted by atomic mass is 16.5. The van der Waals surface area contributed by atoms with Gasteiger partial charge in [-0.2, -0.15) is 0 Å². The summed E-state index contributed by atoms with van der Waals surface area (Å²) in [6.07, 6.45) is 6.03. The molecule has 1 fully saturated rings. The van der Waals surface area contributed by atoms with Crippen molar-refractivity contribution in [2.24, 2.45) is 5.41 Å². The summed E-state index contributed by atoms with van der Waals surface area (Å²) in [6, 6.07) is 0. The van der Waals surface area contributed by atoms with Crippen molar-refractivity contribution in [2.45, 2.75) is 59.0 Å². The molecule has 0 aliphatic carbocycles. The zero-order valence-corrected chi connectivity index (χ0v) is 12.5. The Labute approximate surface area is 113 Å². The number of rotatable bonds is 8. The van der Waals surface area contributed by atoms with Gasteiger partial charge in [0, 0.05) is 31.7 Å². The van der Waals surface area contributed by atoms with Crippen molar-refractivity contribution in [1.82, 2.24) is 4.90 Å². The van der Waals surface area contributed by atoms with Crippen LogP contribution in [0.1, 0.15) is 52.9 Å². The molecule has 1 atom stereocenters. The molecule has 3 heteroatoms. The molecule has 0 aromatic rings. The smallest absolute Gasteiger partial charge is 0.0702 e. The molecule has 0 spiro atoms. The SMILES string of the molecule is CCCOC1CCCN(CC(CC)(CC)CO)C1. The van der Waals surface area contributed by atoms with Crippen LogP contribution in [0.2, 0.25) is 0 Å². The van der Waals surface area contributed by atoms with Crippen LogP contribution in [0.5, 0.6) is 0 Å². The van der Waals surface area contributed by atoms with Crippen molar-refractivity contribution in [3.05, 3.63) is 0 Å². The Bertz CT molecular complexity index is 208. The van der Waals surface area contributed by atoms with Gasteiger partial charge in [0.05, 0.1) is 6.10 Å². The van der Waals surface area contributed by atoms with E-state index in [4.69, 9.17) is 4.74 Å². The van der Waals surface area contributed by atoms with Crippen LogP contribution >= 0.6 is 0 Å². The molecule has 0 amide bonds. The Morgan fingerprint density at radius 2 is 2.00 bits per heavy atom. The summed E-state index contributed by atoms with van der Waals surface area (Å²) in [6.45, 7) is 10.9. The highest BCUT2D eigenvalue weighted by Gasteiger charge is 2.30. The first-order valence-electron chi connectivity index (χ1n) is 7.64. The lowest BCUT2D eigenvalue weighted by molar-refractivity contribution is -0.0209. The summed E-state index contributed by atoms with van der Waals surface area (Å²) in [5, 5.41) is 9.66. The Balaban J connectivity index is 2.45. The van der Waals surface area contributed by atoms with Crippen molar-refractivity contribution in [3.63, 3.8) is 0 Å². The van der Waals surface area contributed by atoms with Crippen LogP contribution < -0.4 is 0 Å². The van der Waals surface area contributed by atoms with E-state index in [1.165, 1.54) is 12.8 Å². The summed E-state index contributed by atoms with van der Waals surface area (Å²) >= 11 is 0. The van der Waals surface area contributed by atoms with Crippen molar-refractivity contribution >= 4 is 0 Å². The third-order valence-electron chi connectivity index (χ3n) is 4.41. The minimum absolute atomic E-state index is 0.0899. The maximum atomic E-state index is 9.66. The number of aliphatic hydroxyl groups excluding tert-OH is 1. The van der Waals surface area contributed by atoms with Crippen LogP contribution in [0, 0.1) is 5.41 Å². The van der Waals surface area contributed by atoms with Gasteiger partial charge in [-0.25, -0.2) is 0 Å². The van der Waals surface area contributed by atoms with Gasteiger partial charge in [0.2, 0.25) is 0 Å². The molecule has 0 aromatic heterocycles. The van der Waals surface area contributed by atoms with Gasteiger partial charge in [0.25, 0.3) is 0 Å². The lowest BCUT2D eigenvalue weighted by Crippen LogP contribution is -2.46. The van der Waals surface area contributed by atoms with E-state index in [1.807, 2.05) is 0 Å². The van der Waals surface area contributed by atoms with Crippen molar-refractivity contribution in [3.8, 4) is 0 Å². The van der Waals surface area contributed by atoms with Gasteiger partial charge < -0.3 is 14.7 Å². The van der Waals surface area contributed by atoms with E-state index in [2.05, 4.69) is 25.7 Å².